The molecule has 0 aromatic carbocycles. The van der Waals surface area contributed by atoms with Gasteiger partial charge in [-0.15, -0.1) is 0 Å². The Hall–Kier alpha value is 0.300. The van der Waals surface area contributed by atoms with Crippen LogP contribution in [-0.4, -0.2) is 30.5 Å². The van der Waals surface area contributed by atoms with E-state index in [-0.39, 0.29) is 30.5 Å². The Morgan fingerprint density at radius 3 is 2.08 bits per heavy atom. The Labute approximate surface area is 86.6 Å². The third kappa shape index (κ3) is 5.57. The van der Waals surface area contributed by atoms with Crippen molar-refractivity contribution < 1.29 is 18.4 Å². The van der Waals surface area contributed by atoms with Crippen LogP contribution in [0.5, 0.6) is 0 Å². The fourth-order valence-electron chi connectivity index (χ4n) is 0.780. The number of rotatable bonds is 7. The van der Waals surface area contributed by atoms with E-state index in [1.165, 1.54) is 0 Å². The summed E-state index contributed by atoms with van der Waals surface area (Å²) < 4.78 is 21.6. The zero-order valence-electron chi connectivity index (χ0n) is 7.79. The molecule has 0 unspecified atom stereocenters. The summed E-state index contributed by atoms with van der Waals surface area (Å²) in [4.78, 5) is 11.0. The van der Waals surface area contributed by atoms with Gasteiger partial charge < -0.3 is 9.05 Å². The molecular weight excluding hydrogens is 259 g/mol. The van der Waals surface area contributed by atoms with E-state index in [9.17, 15) is 9.36 Å². The average molecular weight is 273 g/mol. The summed E-state index contributed by atoms with van der Waals surface area (Å²) in [5, 5.41) is 0.178. The van der Waals surface area contributed by atoms with Crippen molar-refractivity contribution in [1.82, 2.24) is 0 Å². The van der Waals surface area contributed by atoms with Crippen LogP contribution in [0.15, 0.2) is 0 Å². The summed E-state index contributed by atoms with van der Waals surface area (Å²) in [6, 6.07) is 0. The Kier molecular flexibility index (Phi) is 6.86. The number of alkyl halides is 1. The Morgan fingerprint density at radius 1 is 1.31 bits per heavy atom. The van der Waals surface area contributed by atoms with Crippen LogP contribution in [0.4, 0.5) is 0 Å². The van der Waals surface area contributed by atoms with Gasteiger partial charge in [0.05, 0.1) is 18.5 Å². The molecule has 6 heteroatoms. The zero-order valence-corrected chi connectivity index (χ0v) is 10.3. The molecule has 0 rings (SSSR count). The molecular formula is C7H14BrO4P. The number of carbonyl (C=O) groups excluding carboxylic acids is 1. The van der Waals surface area contributed by atoms with Gasteiger partial charge in [-0.2, -0.15) is 0 Å². The largest absolute Gasteiger partial charge is 0.338 e. The second-order valence-corrected chi connectivity index (χ2v) is 4.89. The van der Waals surface area contributed by atoms with Gasteiger partial charge in [0.15, 0.2) is 5.78 Å². The van der Waals surface area contributed by atoms with Gasteiger partial charge in [-0.3, -0.25) is 9.36 Å². The average Bonchev–Trinajstić information content (AvgIpc) is 2.04. The predicted molar refractivity (Wildman–Crippen MR) is 54.5 cm³/mol. The van der Waals surface area contributed by atoms with E-state index < -0.39 is 7.60 Å². The normalized spacial score (nSPS) is 11.6. The molecule has 4 nitrogen and oxygen atoms in total. The molecule has 0 aromatic rings. The van der Waals surface area contributed by atoms with Crippen molar-refractivity contribution in [3.8, 4) is 0 Å². The van der Waals surface area contributed by atoms with E-state index in [1.807, 2.05) is 0 Å². The van der Waals surface area contributed by atoms with Crippen LogP contribution >= 0.6 is 23.5 Å². The molecule has 0 N–H and O–H groups in total. The molecule has 0 aliphatic heterocycles. The number of carbonyl (C=O) groups is 1. The summed E-state index contributed by atoms with van der Waals surface area (Å²) in [7, 11) is -3.17. The first kappa shape index (κ1) is 13.3. The first-order chi connectivity index (χ1) is 6.08. The highest BCUT2D eigenvalue weighted by Gasteiger charge is 2.26. The molecule has 0 spiro atoms. The fraction of sp³-hybridized carbons (Fsp3) is 0.857. The molecule has 0 aliphatic rings. The zero-order chi connectivity index (χ0) is 10.3. The lowest BCUT2D eigenvalue weighted by molar-refractivity contribution is -0.114. The van der Waals surface area contributed by atoms with Crippen molar-refractivity contribution in [3.63, 3.8) is 0 Å². The van der Waals surface area contributed by atoms with Crippen LogP contribution in [0.25, 0.3) is 0 Å². The van der Waals surface area contributed by atoms with Gasteiger partial charge in [0.2, 0.25) is 0 Å². The van der Waals surface area contributed by atoms with Crippen LogP contribution in [0.2, 0.25) is 0 Å². The van der Waals surface area contributed by atoms with Gasteiger partial charge in [0, 0.05) is 0 Å². The highest BCUT2D eigenvalue weighted by atomic mass is 79.9. The van der Waals surface area contributed by atoms with Crippen molar-refractivity contribution in [1.29, 1.82) is 0 Å². The number of hydrogen-bond donors (Lipinski definition) is 0. The minimum absolute atomic E-state index is 0.153. The number of halogens is 1. The summed E-state index contributed by atoms with van der Waals surface area (Å²) in [5.74, 6) is -0.176. The Bertz CT molecular complexity index is 197. The van der Waals surface area contributed by atoms with Crippen molar-refractivity contribution >= 4 is 29.3 Å². The van der Waals surface area contributed by atoms with Crippen molar-refractivity contribution in [2.45, 2.75) is 13.8 Å². The molecule has 0 aliphatic carbocycles. The van der Waals surface area contributed by atoms with Crippen LogP contribution < -0.4 is 0 Å². The Morgan fingerprint density at radius 2 is 1.77 bits per heavy atom. The first-order valence-corrected chi connectivity index (χ1v) is 6.88. The van der Waals surface area contributed by atoms with Crippen molar-refractivity contribution in [2.24, 2.45) is 0 Å². The lowest BCUT2D eigenvalue weighted by Gasteiger charge is -2.15. The van der Waals surface area contributed by atoms with Gasteiger partial charge in [0.25, 0.3) is 0 Å². The summed E-state index contributed by atoms with van der Waals surface area (Å²) in [5.41, 5.74) is 0. The maximum absolute atomic E-state index is 11.7. The first-order valence-electron chi connectivity index (χ1n) is 4.03. The molecule has 0 aromatic heterocycles. The van der Waals surface area contributed by atoms with E-state index in [1.54, 1.807) is 13.8 Å². The molecule has 78 valence electrons. The topological polar surface area (TPSA) is 52.6 Å². The van der Waals surface area contributed by atoms with Gasteiger partial charge in [-0.05, 0) is 13.8 Å². The highest BCUT2D eigenvalue weighted by Crippen LogP contribution is 2.47. The third-order valence-corrected chi connectivity index (χ3v) is 3.84. The van der Waals surface area contributed by atoms with Crippen LogP contribution in [0.3, 0.4) is 0 Å². The smallest absolute Gasteiger partial charge is 0.309 e. The molecule has 13 heavy (non-hydrogen) atoms. The quantitative estimate of drug-likeness (QED) is 0.527. The van der Waals surface area contributed by atoms with Gasteiger partial charge in [-0.1, -0.05) is 15.9 Å². The molecule has 0 saturated carbocycles. The molecule has 0 bridgehead atoms. The van der Waals surface area contributed by atoms with E-state index in [0.29, 0.717) is 0 Å². The molecule has 0 heterocycles. The van der Waals surface area contributed by atoms with Gasteiger partial charge in [-0.25, -0.2) is 0 Å². The Balaban J connectivity index is 4.23. The van der Waals surface area contributed by atoms with Crippen LogP contribution in [0, 0.1) is 0 Å². The second-order valence-electron chi connectivity index (χ2n) is 2.28. The second kappa shape index (κ2) is 6.71. The third-order valence-electron chi connectivity index (χ3n) is 1.17. The monoisotopic (exact) mass is 272 g/mol. The highest BCUT2D eigenvalue weighted by molar-refractivity contribution is 9.09. The SMILES string of the molecule is CCOP(=O)(CC(=O)CBr)OCC. The molecule has 0 fully saturated rings. The van der Waals surface area contributed by atoms with Gasteiger partial charge in [0.1, 0.15) is 6.16 Å². The molecule has 0 saturated heterocycles. The summed E-state index contributed by atoms with van der Waals surface area (Å²) >= 11 is 2.99. The van der Waals surface area contributed by atoms with Crippen molar-refractivity contribution in [3.05, 3.63) is 0 Å². The minimum atomic E-state index is -3.17. The number of Topliss-reactive ketones (excluding diaryl/α,β-unsaturated/α-hetero) is 1. The number of hydrogen-bond acceptors (Lipinski definition) is 4. The predicted octanol–water partition coefficient (Wildman–Crippen LogP) is 2.22. The van der Waals surface area contributed by atoms with E-state index in [0.717, 1.165) is 0 Å². The minimum Gasteiger partial charge on any atom is -0.309 e. The van der Waals surface area contributed by atoms with E-state index in [2.05, 4.69) is 15.9 Å². The lowest BCUT2D eigenvalue weighted by atomic mass is 10.5. The lowest BCUT2D eigenvalue weighted by Crippen LogP contribution is -2.10. The van der Waals surface area contributed by atoms with Crippen molar-refractivity contribution in [2.75, 3.05) is 24.7 Å². The maximum atomic E-state index is 11.7. The molecule has 0 radical (unpaired) electrons. The van der Waals surface area contributed by atoms with E-state index in [4.69, 9.17) is 9.05 Å². The summed E-state index contributed by atoms with van der Waals surface area (Å²) in [6.07, 6.45) is -0.153. The molecule has 0 atom stereocenters. The standard InChI is InChI=1S/C7H14BrO4P/c1-3-11-13(10,12-4-2)6-7(9)5-8/h3-6H2,1-2H3. The van der Waals surface area contributed by atoms with Crippen LogP contribution in [0.1, 0.15) is 13.8 Å². The maximum Gasteiger partial charge on any atom is 0.338 e. The number of ketones is 1. The van der Waals surface area contributed by atoms with E-state index >= 15 is 0 Å². The fourth-order valence-corrected chi connectivity index (χ4v) is 2.87. The molecule has 0 amide bonds. The van der Waals surface area contributed by atoms with Crippen LogP contribution in [-0.2, 0) is 18.4 Å². The summed E-state index contributed by atoms with van der Waals surface area (Å²) in [6.45, 7) is 3.99. The van der Waals surface area contributed by atoms with Gasteiger partial charge >= 0.3 is 7.60 Å².